The van der Waals surface area contributed by atoms with Crippen LogP contribution in [0.4, 0.5) is 0 Å². The second-order valence-corrected chi connectivity index (χ2v) is 7.12. The van der Waals surface area contributed by atoms with E-state index in [2.05, 4.69) is 5.16 Å². The lowest BCUT2D eigenvalue weighted by molar-refractivity contribution is 0.123. The van der Waals surface area contributed by atoms with Gasteiger partial charge < -0.3 is 4.84 Å². The summed E-state index contributed by atoms with van der Waals surface area (Å²) in [6, 6.07) is 4.07. The lowest BCUT2D eigenvalue weighted by atomic mass is 9.93. The molecule has 0 saturated heterocycles. The van der Waals surface area contributed by atoms with Gasteiger partial charge in [-0.25, -0.2) is 8.42 Å². The van der Waals surface area contributed by atoms with Gasteiger partial charge in [-0.2, -0.15) is 0 Å². The molecule has 0 N–H and O–H groups in total. The highest BCUT2D eigenvalue weighted by molar-refractivity contribution is 7.96. The van der Waals surface area contributed by atoms with Crippen LogP contribution in [0.25, 0.3) is 0 Å². The predicted octanol–water partition coefficient (Wildman–Crippen LogP) is 2.03. The van der Waals surface area contributed by atoms with Crippen molar-refractivity contribution >= 4 is 15.5 Å². The molecule has 1 aromatic carbocycles. The van der Waals surface area contributed by atoms with Gasteiger partial charge in [-0.15, -0.1) is 0 Å². The van der Waals surface area contributed by atoms with Crippen molar-refractivity contribution in [3.8, 4) is 0 Å². The van der Waals surface area contributed by atoms with Crippen molar-refractivity contribution in [3.63, 3.8) is 0 Å². The smallest absolute Gasteiger partial charge is 0.184 e. The molecule has 0 saturated carbocycles. The van der Waals surface area contributed by atoms with E-state index in [1.165, 1.54) is 5.41 Å². The zero-order valence-electron chi connectivity index (χ0n) is 11.0. The summed E-state index contributed by atoms with van der Waals surface area (Å²) in [5, 5.41) is 4.57. The maximum atomic E-state index is 12.1. The van der Waals surface area contributed by atoms with Crippen LogP contribution < -0.4 is 0 Å². The molecule has 0 fully saturated rings. The van der Waals surface area contributed by atoms with Gasteiger partial charge in [0.05, 0.1) is 0 Å². The van der Waals surface area contributed by atoms with Crippen LogP contribution >= 0.6 is 0 Å². The van der Waals surface area contributed by atoms with E-state index >= 15 is 0 Å². The van der Waals surface area contributed by atoms with E-state index in [1.54, 1.807) is 6.08 Å². The highest BCUT2D eigenvalue weighted by Gasteiger charge is 2.46. The average Bonchev–Trinajstić information content (AvgIpc) is 2.81. The van der Waals surface area contributed by atoms with E-state index in [-0.39, 0.29) is 0 Å². The first-order valence-corrected chi connectivity index (χ1v) is 7.75. The fourth-order valence-corrected chi connectivity index (χ4v) is 4.43. The Morgan fingerprint density at radius 3 is 2.42 bits per heavy atom. The molecule has 0 aromatic heterocycles. The SMILES string of the molecule is Cc1cc(C)c(C2=NO[C@H]3C=CS(=O)(=O)[C@@H]23)c(C)c1. The van der Waals surface area contributed by atoms with Crippen LogP contribution in [0, 0.1) is 20.8 Å². The summed E-state index contributed by atoms with van der Waals surface area (Å²) in [7, 11) is -3.30. The molecule has 2 aliphatic rings. The van der Waals surface area contributed by atoms with E-state index < -0.39 is 21.2 Å². The Kier molecular flexibility index (Phi) is 2.57. The number of rotatable bonds is 1. The van der Waals surface area contributed by atoms with Gasteiger partial charge >= 0.3 is 0 Å². The topological polar surface area (TPSA) is 55.7 Å². The molecular formula is C14H15NO3S. The van der Waals surface area contributed by atoms with Gasteiger partial charge in [-0.3, -0.25) is 0 Å². The molecule has 2 heterocycles. The summed E-state index contributed by atoms with van der Waals surface area (Å²) >= 11 is 0. The predicted molar refractivity (Wildman–Crippen MR) is 73.9 cm³/mol. The molecule has 0 unspecified atom stereocenters. The van der Waals surface area contributed by atoms with Gasteiger partial charge in [0.15, 0.2) is 21.2 Å². The molecule has 2 atom stereocenters. The van der Waals surface area contributed by atoms with E-state index in [9.17, 15) is 8.42 Å². The monoisotopic (exact) mass is 277 g/mol. The van der Waals surface area contributed by atoms with Crippen LogP contribution in [-0.4, -0.2) is 25.5 Å². The largest absolute Gasteiger partial charge is 0.386 e. The molecule has 0 aliphatic carbocycles. The molecule has 3 rings (SSSR count). The van der Waals surface area contributed by atoms with Gasteiger partial charge in [-0.05, 0) is 38.0 Å². The number of nitrogens with zero attached hydrogens (tertiary/aromatic N) is 1. The number of oxime groups is 1. The highest BCUT2D eigenvalue weighted by atomic mass is 32.2. The molecule has 0 amide bonds. The van der Waals surface area contributed by atoms with E-state index in [4.69, 9.17) is 4.84 Å². The molecule has 4 nitrogen and oxygen atoms in total. The summed E-state index contributed by atoms with van der Waals surface area (Å²) in [6.45, 7) is 5.97. The van der Waals surface area contributed by atoms with Crippen LogP contribution in [0.3, 0.4) is 0 Å². The van der Waals surface area contributed by atoms with Gasteiger partial charge in [0, 0.05) is 11.0 Å². The summed E-state index contributed by atoms with van der Waals surface area (Å²) in [5.41, 5.74) is 4.64. The first-order valence-electron chi connectivity index (χ1n) is 6.14. The normalized spacial score (nSPS) is 27.0. The molecule has 5 heteroatoms. The average molecular weight is 277 g/mol. The minimum Gasteiger partial charge on any atom is -0.386 e. The Hall–Kier alpha value is -1.62. The maximum Gasteiger partial charge on any atom is 0.184 e. The third kappa shape index (κ3) is 1.80. The number of hydrogen-bond acceptors (Lipinski definition) is 4. The van der Waals surface area contributed by atoms with Crippen molar-refractivity contribution in [3.05, 3.63) is 45.9 Å². The zero-order chi connectivity index (χ0) is 13.8. The number of sulfone groups is 1. The van der Waals surface area contributed by atoms with Crippen molar-refractivity contribution < 1.29 is 13.3 Å². The second-order valence-electron chi connectivity index (χ2n) is 5.16. The molecule has 19 heavy (non-hydrogen) atoms. The van der Waals surface area contributed by atoms with Crippen molar-refractivity contribution in [1.29, 1.82) is 0 Å². The minimum absolute atomic E-state index is 0.472. The third-order valence-corrected chi connectivity index (χ3v) is 5.32. The van der Waals surface area contributed by atoms with Crippen LogP contribution in [0.2, 0.25) is 0 Å². The molecule has 1 aromatic rings. The summed E-state index contributed by atoms with van der Waals surface area (Å²) in [6.07, 6.45) is 1.09. The fraction of sp³-hybridized carbons (Fsp3) is 0.357. The molecule has 0 spiro atoms. The standard InChI is InChI=1S/C14H15NO3S/c1-8-6-9(2)12(10(3)7-8)13-14-11(18-15-13)4-5-19(14,16)17/h4-7,11,14H,1-3H3/t11-,14+/m0/s1. The van der Waals surface area contributed by atoms with Gasteiger partial charge in [0.1, 0.15) is 5.71 Å². The van der Waals surface area contributed by atoms with Crippen LogP contribution in [0.5, 0.6) is 0 Å². The van der Waals surface area contributed by atoms with Crippen molar-refractivity contribution in [2.24, 2.45) is 5.16 Å². The van der Waals surface area contributed by atoms with Crippen LogP contribution in [0.15, 0.2) is 28.8 Å². The molecule has 0 bridgehead atoms. The van der Waals surface area contributed by atoms with E-state index in [1.807, 2.05) is 32.9 Å². The summed E-state index contributed by atoms with van der Waals surface area (Å²) in [4.78, 5) is 5.24. The Bertz CT molecular complexity index is 693. The second kappa shape index (κ2) is 3.93. The Balaban J connectivity index is 2.15. The first-order chi connectivity index (χ1) is 8.90. The first kappa shape index (κ1) is 12.4. The summed E-state index contributed by atoms with van der Waals surface area (Å²) in [5.74, 6) is 0. The minimum atomic E-state index is -3.30. The van der Waals surface area contributed by atoms with Crippen molar-refractivity contribution in [1.82, 2.24) is 0 Å². The lowest BCUT2D eigenvalue weighted by Crippen LogP contribution is -2.32. The van der Waals surface area contributed by atoms with Crippen molar-refractivity contribution in [2.45, 2.75) is 32.1 Å². The van der Waals surface area contributed by atoms with Crippen molar-refractivity contribution in [2.75, 3.05) is 0 Å². The summed E-state index contributed by atoms with van der Waals surface area (Å²) < 4.78 is 24.1. The third-order valence-electron chi connectivity index (χ3n) is 3.59. The Morgan fingerprint density at radius 1 is 1.16 bits per heavy atom. The molecule has 100 valence electrons. The van der Waals surface area contributed by atoms with Crippen LogP contribution in [0.1, 0.15) is 22.3 Å². The number of aryl methyl sites for hydroxylation is 3. The molecule has 2 aliphatic heterocycles. The Morgan fingerprint density at radius 2 is 1.79 bits per heavy atom. The molecule has 0 radical (unpaired) electrons. The zero-order valence-corrected chi connectivity index (χ0v) is 11.9. The van der Waals surface area contributed by atoms with Gasteiger partial charge in [-0.1, -0.05) is 22.9 Å². The van der Waals surface area contributed by atoms with Gasteiger partial charge in [0.25, 0.3) is 0 Å². The number of benzene rings is 1. The van der Waals surface area contributed by atoms with E-state index in [0.29, 0.717) is 5.71 Å². The fourth-order valence-electron chi connectivity index (χ4n) is 2.90. The van der Waals surface area contributed by atoms with Crippen LogP contribution in [-0.2, 0) is 14.7 Å². The van der Waals surface area contributed by atoms with Gasteiger partial charge in [0.2, 0.25) is 0 Å². The highest BCUT2D eigenvalue weighted by Crippen LogP contribution is 2.32. The number of fused-ring (bicyclic) bond motifs is 1. The lowest BCUT2D eigenvalue weighted by Gasteiger charge is -2.14. The maximum absolute atomic E-state index is 12.1. The number of hydrogen-bond donors (Lipinski definition) is 0. The quantitative estimate of drug-likeness (QED) is 0.789. The molecular weight excluding hydrogens is 262 g/mol. The van der Waals surface area contributed by atoms with E-state index in [0.717, 1.165) is 22.3 Å². The Labute approximate surface area is 112 Å².